The van der Waals surface area contributed by atoms with Crippen LogP contribution in [0.3, 0.4) is 0 Å². The van der Waals surface area contributed by atoms with E-state index in [4.69, 9.17) is 9.84 Å². The van der Waals surface area contributed by atoms with Crippen LogP contribution in [0.4, 0.5) is 0 Å². The minimum atomic E-state index is -0.112. The Morgan fingerprint density at radius 2 is 1.90 bits per heavy atom. The van der Waals surface area contributed by atoms with E-state index in [-0.39, 0.29) is 6.61 Å². The van der Waals surface area contributed by atoms with Crippen LogP contribution in [0, 0.1) is 11.8 Å². The fourth-order valence-corrected chi connectivity index (χ4v) is 2.48. The number of hydrogen-bond donors (Lipinski definition) is 1. The fraction of sp³-hybridized carbons (Fsp3) is 0.222. The van der Waals surface area contributed by atoms with Gasteiger partial charge in [-0.25, -0.2) is 0 Å². The third kappa shape index (κ3) is 2.68. The predicted molar refractivity (Wildman–Crippen MR) is 78.8 cm³/mol. The van der Waals surface area contributed by atoms with Gasteiger partial charge >= 0.3 is 0 Å². The third-order valence-corrected chi connectivity index (χ3v) is 3.58. The molecule has 0 aliphatic heterocycles. The number of aliphatic hydroxyl groups excluding tert-OH is 1. The molecule has 0 saturated carbocycles. The molecule has 2 aromatic carbocycles. The van der Waals surface area contributed by atoms with Gasteiger partial charge in [0.1, 0.15) is 12.4 Å². The molecule has 0 saturated heterocycles. The Hall–Kier alpha value is -2.24. The molecule has 0 fully saturated rings. The van der Waals surface area contributed by atoms with Crippen LogP contribution in [-0.4, -0.2) is 18.3 Å². The van der Waals surface area contributed by atoms with Crippen molar-refractivity contribution in [3.05, 3.63) is 65.2 Å². The number of rotatable bonds is 3. The van der Waals surface area contributed by atoms with Crippen LogP contribution in [0.25, 0.3) is 0 Å². The molecule has 100 valence electrons. The lowest BCUT2D eigenvalue weighted by Crippen LogP contribution is -2.23. The van der Waals surface area contributed by atoms with E-state index in [0.29, 0.717) is 5.92 Å². The van der Waals surface area contributed by atoms with E-state index in [2.05, 4.69) is 36.1 Å². The Morgan fingerprint density at radius 3 is 2.65 bits per heavy atom. The van der Waals surface area contributed by atoms with Gasteiger partial charge in [0.15, 0.2) is 0 Å². The molecule has 2 nitrogen and oxygen atoms in total. The van der Waals surface area contributed by atoms with Crippen molar-refractivity contribution in [3.8, 4) is 17.6 Å². The summed E-state index contributed by atoms with van der Waals surface area (Å²) in [7, 11) is 0. The molecule has 0 heterocycles. The summed E-state index contributed by atoms with van der Waals surface area (Å²) in [5.41, 5.74) is 3.74. The molecule has 0 aromatic heterocycles. The second-order valence-electron chi connectivity index (χ2n) is 4.90. The second kappa shape index (κ2) is 5.81. The van der Waals surface area contributed by atoms with Gasteiger partial charge in [-0.1, -0.05) is 36.1 Å². The number of hydrogen-bond acceptors (Lipinski definition) is 2. The number of fused-ring (bicyclic) bond motifs is 1. The largest absolute Gasteiger partial charge is 0.493 e. The molecule has 2 heteroatoms. The zero-order chi connectivity index (χ0) is 13.8. The van der Waals surface area contributed by atoms with Crippen LogP contribution in [0.1, 0.15) is 22.6 Å². The van der Waals surface area contributed by atoms with Crippen LogP contribution in [-0.2, 0) is 6.42 Å². The van der Waals surface area contributed by atoms with Gasteiger partial charge in [0.25, 0.3) is 0 Å². The fourth-order valence-electron chi connectivity index (χ4n) is 2.48. The van der Waals surface area contributed by atoms with Gasteiger partial charge in [0.05, 0.1) is 6.61 Å². The molecule has 1 aliphatic carbocycles. The summed E-state index contributed by atoms with van der Waals surface area (Å²) in [6.07, 6.45) is 1.11. The summed E-state index contributed by atoms with van der Waals surface area (Å²) in [6.45, 7) is 0.609. The van der Waals surface area contributed by atoms with E-state index in [1.54, 1.807) is 0 Å². The Bertz CT molecular complexity index is 647. The first kappa shape index (κ1) is 12.8. The zero-order valence-electron chi connectivity index (χ0n) is 11.2. The van der Waals surface area contributed by atoms with Crippen molar-refractivity contribution in [1.82, 2.24) is 0 Å². The van der Waals surface area contributed by atoms with Crippen molar-refractivity contribution in [2.75, 3.05) is 13.2 Å². The van der Waals surface area contributed by atoms with E-state index in [1.165, 1.54) is 11.1 Å². The minimum absolute atomic E-state index is 0.112. The smallest absolute Gasteiger partial charge is 0.119 e. The zero-order valence-corrected chi connectivity index (χ0v) is 11.2. The van der Waals surface area contributed by atoms with Crippen molar-refractivity contribution in [3.63, 3.8) is 0 Å². The van der Waals surface area contributed by atoms with Crippen LogP contribution in [0.5, 0.6) is 5.75 Å². The summed E-state index contributed by atoms with van der Waals surface area (Å²) in [6, 6.07) is 16.2. The summed E-state index contributed by atoms with van der Waals surface area (Å²) in [4.78, 5) is 0. The van der Waals surface area contributed by atoms with Gasteiger partial charge in [-0.3, -0.25) is 0 Å². The maximum atomic E-state index is 8.64. The average Bonchev–Trinajstić information content (AvgIpc) is 2.47. The van der Waals surface area contributed by atoms with Gasteiger partial charge < -0.3 is 9.84 Å². The average molecular weight is 264 g/mol. The van der Waals surface area contributed by atoms with Crippen LogP contribution < -0.4 is 4.74 Å². The molecule has 1 atom stereocenters. The molecular weight excluding hydrogens is 248 g/mol. The molecule has 0 amide bonds. The number of benzene rings is 2. The van der Waals surface area contributed by atoms with Crippen molar-refractivity contribution >= 4 is 0 Å². The SMILES string of the molecule is OCC#Cc1ccc(OCC2Cc3ccccc32)cc1. The first-order valence-electron chi connectivity index (χ1n) is 6.77. The molecule has 1 N–H and O–H groups in total. The first-order chi connectivity index (χ1) is 9.86. The monoisotopic (exact) mass is 264 g/mol. The van der Waals surface area contributed by atoms with Crippen molar-refractivity contribution in [1.29, 1.82) is 0 Å². The molecule has 1 unspecified atom stereocenters. The Morgan fingerprint density at radius 1 is 1.10 bits per heavy atom. The van der Waals surface area contributed by atoms with Gasteiger partial charge in [-0.05, 0) is 41.8 Å². The second-order valence-corrected chi connectivity index (χ2v) is 4.90. The highest BCUT2D eigenvalue weighted by Gasteiger charge is 2.25. The first-order valence-corrected chi connectivity index (χ1v) is 6.77. The van der Waals surface area contributed by atoms with E-state index in [0.717, 1.165) is 24.3 Å². The van der Waals surface area contributed by atoms with Crippen molar-refractivity contribution in [2.24, 2.45) is 0 Å². The molecule has 1 aliphatic rings. The normalized spacial score (nSPS) is 15.6. The molecule has 20 heavy (non-hydrogen) atoms. The molecule has 0 spiro atoms. The van der Waals surface area contributed by atoms with Gasteiger partial charge in [-0.2, -0.15) is 0 Å². The molecule has 3 rings (SSSR count). The van der Waals surface area contributed by atoms with E-state index >= 15 is 0 Å². The molecule has 2 aromatic rings. The molecular formula is C18H16O2. The summed E-state index contributed by atoms with van der Waals surface area (Å²) < 4.78 is 5.83. The highest BCUT2D eigenvalue weighted by molar-refractivity contribution is 5.41. The summed E-state index contributed by atoms with van der Waals surface area (Å²) >= 11 is 0. The van der Waals surface area contributed by atoms with Crippen LogP contribution in [0.15, 0.2) is 48.5 Å². The standard InChI is InChI=1S/C18H16O2/c19-11-3-4-14-7-9-17(10-8-14)20-13-16-12-15-5-1-2-6-18(15)16/h1-2,5-10,16,19H,11-13H2. The molecule has 0 bridgehead atoms. The maximum Gasteiger partial charge on any atom is 0.119 e. The van der Waals surface area contributed by atoms with E-state index < -0.39 is 0 Å². The summed E-state index contributed by atoms with van der Waals surface area (Å²) in [5.74, 6) is 6.87. The summed E-state index contributed by atoms with van der Waals surface area (Å²) in [5, 5.41) is 8.64. The van der Waals surface area contributed by atoms with Gasteiger partial charge in [0.2, 0.25) is 0 Å². The highest BCUT2D eigenvalue weighted by atomic mass is 16.5. The van der Waals surface area contributed by atoms with Crippen LogP contribution in [0.2, 0.25) is 0 Å². The lowest BCUT2D eigenvalue weighted by molar-refractivity contribution is 0.275. The highest BCUT2D eigenvalue weighted by Crippen LogP contribution is 2.35. The topological polar surface area (TPSA) is 29.5 Å². The quantitative estimate of drug-likeness (QED) is 0.864. The third-order valence-electron chi connectivity index (χ3n) is 3.58. The molecule has 0 radical (unpaired) electrons. The number of ether oxygens (including phenoxy) is 1. The Labute approximate surface area is 119 Å². The van der Waals surface area contributed by atoms with Crippen LogP contribution >= 0.6 is 0 Å². The predicted octanol–water partition coefficient (Wildman–Crippen LogP) is 2.75. The Kier molecular flexibility index (Phi) is 3.71. The van der Waals surface area contributed by atoms with Gasteiger partial charge in [0, 0.05) is 11.5 Å². The lowest BCUT2D eigenvalue weighted by Gasteiger charge is -2.29. The van der Waals surface area contributed by atoms with E-state index in [1.807, 2.05) is 24.3 Å². The maximum absolute atomic E-state index is 8.64. The van der Waals surface area contributed by atoms with Crippen molar-refractivity contribution < 1.29 is 9.84 Å². The van der Waals surface area contributed by atoms with E-state index in [9.17, 15) is 0 Å². The van der Waals surface area contributed by atoms with Gasteiger partial charge in [-0.15, -0.1) is 0 Å². The van der Waals surface area contributed by atoms with Crippen molar-refractivity contribution in [2.45, 2.75) is 12.3 Å². The lowest BCUT2D eigenvalue weighted by atomic mass is 9.78. The Balaban J connectivity index is 1.57. The minimum Gasteiger partial charge on any atom is -0.493 e. The number of aliphatic hydroxyl groups is 1.